The van der Waals surface area contributed by atoms with Gasteiger partial charge in [0.2, 0.25) is 5.60 Å². The molecule has 0 radical (unpaired) electrons. The summed E-state index contributed by atoms with van der Waals surface area (Å²) in [4.78, 5) is 29.8. The number of carboxylic acid groups (broad SMARTS) is 1. The lowest BCUT2D eigenvalue weighted by Gasteiger charge is -2.24. The maximum Gasteiger partial charge on any atom is 0.308 e. The summed E-state index contributed by atoms with van der Waals surface area (Å²) in [6, 6.07) is 15.3. The number of benzene rings is 2. The number of amides is 1. The lowest BCUT2D eigenvalue weighted by Crippen LogP contribution is -2.45. The molecule has 6 nitrogen and oxygen atoms in total. The molecular formula is C22H22N2O4. The van der Waals surface area contributed by atoms with Crippen molar-refractivity contribution in [1.82, 2.24) is 0 Å². The van der Waals surface area contributed by atoms with E-state index in [9.17, 15) is 14.7 Å². The Labute approximate surface area is 163 Å². The second kappa shape index (κ2) is 8.08. The van der Waals surface area contributed by atoms with Gasteiger partial charge in [-0.15, -0.1) is 0 Å². The molecule has 3 rings (SSSR count). The van der Waals surface area contributed by atoms with Crippen molar-refractivity contribution in [2.24, 2.45) is 5.16 Å². The van der Waals surface area contributed by atoms with Gasteiger partial charge in [-0.1, -0.05) is 59.8 Å². The summed E-state index contributed by atoms with van der Waals surface area (Å²) in [5, 5.41) is 16.1. The minimum atomic E-state index is -1.57. The van der Waals surface area contributed by atoms with E-state index in [1.165, 1.54) is 0 Å². The second-order valence-corrected chi connectivity index (χ2v) is 6.88. The predicted octanol–water partition coefficient (Wildman–Crippen LogP) is 3.95. The molecule has 0 saturated carbocycles. The van der Waals surface area contributed by atoms with Crippen molar-refractivity contribution in [2.45, 2.75) is 32.3 Å². The molecule has 0 saturated heterocycles. The fraction of sp³-hybridized carbons (Fsp3) is 0.227. The van der Waals surface area contributed by atoms with Crippen LogP contribution in [0.25, 0.3) is 6.08 Å². The number of aliphatic carboxylic acids is 1. The van der Waals surface area contributed by atoms with Crippen molar-refractivity contribution in [1.29, 1.82) is 0 Å². The van der Waals surface area contributed by atoms with Crippen LogP contribution >= 0.6 is 0 Å². The number of carboxylic acids is 1. The quantitative estimate of drug-likeness (QED) is 0.797. The Balaban J connectivity index is 1.79. The van der Waals surface area contributed by atoms with E-state index in [0.29, 0.717) is 11.4 Å². The highest BCUT2D eigenvalue weighted by atomic mass is 16.7. The first kappa shape index (κ1) is 19.4. The highest BCUT2D eigenvalue weighted by Gasteiger charge is 2.48. The van der Waals surface area contributed by atoms with Gasteiger partial charge in [0.15, 0.2) is 0 Å². The van der Waals surface area contributed by atoms with E-state index in [-0.39, 0.29) is 6.42 Å². The number of rotatable bonds is 6. The molecule has 0 bridgehead atoms. The molecule has 0 unspecified atom stereocenters. The van der Waals surface area contributed by atoms with E-state index in [0.717, 1.165) is 16.7 Å². The SMILES string of the molecule is Cc1cccc(C)c1NC(=O)[C@@]1(CC(=O)O)CC(C=Cc2ccccc2)=NO1. The Morgan fingerprint density at radius 2 is 1.79 bits per heavy atom. The number of hydrogen-bond donors (Lipinski definition) is 2. The van der Waals surface area contributed by atoms with Gasteiger partial charge in [0.25, 0.3) is 5.91 Å². The van der Waals surface area contributed by atoms with E-state index in [1.54, 1.807) is 6.08 Å². The molecule has 28 heavy (non-hydrogen) atoms. The van der Waals surface area contributed by atoms with Crippen molar-refractivity contribution in [3.8, 4) is 0 Å². The van der Waals surface area contributed by atoms with E-state index in [1.807, 2.05) is 68.5 Å². The van der Waals surface area contributed by atoms with Gasteiger partial charge in [0, 0.05) is 12.1 Å². The van der Waals surface area contributed by atoms with E-state index in [2.05, 4.69) is 10.5 Å². The molecule has 2 aromatic carbocycles. The van der Waals surface area contributed by atoms with Crippen molar-refractivity contribution < 1.29 is 19.5 Å². The summed E-state index contributed by atoms with van der Waals surface area (Å²) in [7, 11) is 0. The van der Waals surface area contributed by atoms with Gasteiger partial charge in [0.05, 0.1) is 12.1 Å². The zero-order valence-electron chi connectivity index (χ0n) is 15.8. The number of aryl methyl sites for hydroxylation is 2. The molecule has 144 valence electrons. The Kier molecular flexibility index (Phi) is 5.59. The summed E-state index contributed by atoms with van der Waals surface area (Å²) in [6.07, 6.45) is 3.20. The van der Waals surface area contributed by atoms with Crippen LogP contribution in [0.15, 0.2) is 59.8 Å². The van der Waals surface area contributed by atoms with Gasteiger partial charge < -0.3 is 15.3 Å². The lowest BCUT2D eigenvalue weighted by atomic mass is 9.91. The zero-order chi connectivity index (χ0) is 20.1. The molecular weight excluding hydrogens is 356 g/mol. The van der Waals surface area contributed by atoms with Crippen molar-refractivity contribution in [2.75, 3.05) is 5.32 Å². The van der Waals surface area contributed by atoms with E-state index < -0.39 is 23.9 Å². The van der Waals surface area contributed by atoms with Gasteiger partial charge in [-0.3, -0.25) is 9.59 Å². The molecule has 0 spiro atoms. The van der Waals surface area contributed by atoms with Gasteiger partial charge in [0.1, 0.15) is 0 Å². The summed E-state index contributed by atoms with van der Waals surface area (Å²) in [5.74, 6) is -1.64. The van der Waals surface area contributed by atoms with Crippen LogP contribution in [0.4, 0.5) is 5.69 Å². The Bertz CT molecular complexity index is 930. The van der Waals surface area contributed by atoms with Crippen molar-refractivity contribution in [3.63, 3.8) is 0 Å². The molecule has 1 amide bonds. The van der Waals surface area contributed by atoms with Crippen LogP contribution in [0.3, 0.4) is 0 Å². The highest BCUT2D eigenvalue weighted by molar-refractivity contribution is 6.08. The molecule has 6 heteroatoms. The summed E-state index contributed by atoms with van der Waals surface area (Å²) >= 11 is 0. The summed E-state index contributed by atoms with van der Waals surface area (Å²) in [6.45, 7) is 3.76. The van der Waals surface area contributed by atoms with Gasteiger partial charge in [-0.25, -0.2) is 0 Å². The molecule has 1 heterocycles. The molecule has 0 fully saturated rings. The number of oxime groups is 1. The first-order valence-electron chi connectivity index (χ1n) is 8.97. The standard InChI is InChI=1S/C22H22N2O4/c1-15-7-6-8-16(2)20(15)23-21(27)22(14-19(25)26)13-18(24-28-22)12-11-17-9-4-3-5-10-17/h3-12H,13-14H2,1-2H3,(H,23,27)(H,25,26)/t22-/m0/s1. The maximum absolute atomic E-state index is 13.0. The number of para-hydroxylation sites is 1. The maximum atomic E-state index is 13.0. The monoisotopic (exact) mass is 378 g/mol. The third-order valence-corrected chi connectivity index (χ3v) is 4.64. The molecule has 1 aliphatic heterocycles. The highest BCUT2D eigenvalue weighted by Crippen LogP contribution is 2.31. The van der Waals surface area contributed by atoms with Crippen LogP contribution in [0.5, 0.6) is 0 Å². The number of nitrogens with one attached hydrogen (secondary N) is 1. The first-order valence-corrected chi connectivity index (χ1v) is 8.97. The number of anilines is 1. The van der Waals surface area contributed by atoms with Crippen LogP contribution in [-0.2, 0) is 14.4 Å². The fourth-order valence-electron chi connectivity index (χ4n) is 3.13. The number of carbonyl (C=O) groups excluding carboxylic acids is 1. The minimum absolute atomic E-state index is 0.0827. The van der Waals surface area contributed by atoms with E-state index in [4.69, 9.17) is 4.84 Å². The van der Waals surface area contributed by atoms with Crippen LogP contribution < -0.4 is 5.32 Å². The summed E-state index contributed by atoms with van der Waals surface area (Å²) < 4.78 is 0. The average Bonchev–Trinajstić information content (AvgIpc) is 3.07. The number of nitrogens with zero attached hydrogens (tertiary/aromatic N) is 1. The van der Waals surface area contributed by atoms with E-state index >= 15 is 0 Å². The summed E-state index contributed by atoms with van der Waals surface area (Å²) in [5.41, 5.74) is 2.36. The normalized spacial score (nSPS) is 18.6. The second-order valence-electron chi connectivity index (χ2n) is 6.88. The molecule has 1 atom stereocenters. The lowest BCUT2D eigenvalue weighted by molar-refractivity contribution is -0.152. The van der Waals surface area contributed by atoms with Crippen LogP contribution in [0.2, 0.25) is 0 Å². The van der Waals surface area contributed by atoms with Gasteiger partial charge in [-0.2, -0.15) is 0 Å². The fourth-order valence-corrected chi connectivity index (χ4v) is 3.13. The van der Waals surface area contributed by atoms with Crippen molar-refractivity contribution >= 4 is 29.4 Å². The Hall–Kier alpha value is -3.41. The Morgan fingerprint density at radius 3 is 2.43 bits per heavy atom. The number of allylic oxidation sites excluding steroid dienone is 1. The Morgan fingerprint density at radius 1 is 1.11 bits per heavy atom. The molecule has 2 aromatic rings. The largest absolute Gasteiger partial charge is 0.481 e. The van der Waals surface area contributed by atoms with Crippen molar-refractivity contribution in [3.05, 3.63) is 71.3 Å². The third kappa shape index (κ3) is 4.28. The van der Waals surface area contributed by atoms with Gasteiger partial charge in [-0.05, 0) is 36.6 Å². The minimum Gasteiger partial charge on any atom is -0.481 e. The van der Waals surface area contributed by atoms with Crippen LogP contribution in [-0.4, -0.2) is 28.3 Å². The smallest absolute Gasteiger partial charge is 0.308 e. The zero-order valence-corrected chi connectivity index (χ0v) is 15.8. The molecule has 1 aliphatic rings. The predicted molar refractivity (Wildman–Crippen MR) is 108 cm³/mol. The number of hydrogen-bond acceptors (Lipinski definition) is 4. The molecule has 2 N–H and O–H groups in total. The topological polar surface area (TPSA) is 88.0 Å². The molecule has 0 aliphatic carbocycles. The number of carbonyl (C=O) groups is 2. The molecule has 0 aromatic heterocycles. The average molecular weight is 378 g/mol. The third-order valence-electron chi connectivity index (χ3n) is 4.64. The first-order chi connectivity index (χ1) is 13.4. The van der Waals surface area contributed by atoms with Crippen LogP contribution in [0, 0.1) is 13.8 Å². The van der Waals surface area contributed by atoms with Crippen LogP contribution in [0.1, 0.15) is 29.5 Å². The van der Waals surface area contributed by atoms with Gasteiger partial charge >= 0.3 is 5.97 Å².